The lowest BCUT2D eigenvalue weighted by Crippen LogP contribution is -2.38. The zero-order valence-corrected chi connectivity index (χ0v) is 15.3. The molecule has 2 rings (SSSR count). The summed E-state index contributed by atoms with van der Waals surface area (Å²) in [6.45, 7) is 5.97. The first-order valence-corrected chi connectivity index (χ1v) is 9.08. The lowest BCUT2D eigenvalue weighted by molar-refractivity contribution is 0.702. The van der Waals surface area contributed by atoms with Gasteiger partial charge in [-0.25, -0.2) is 0 Å². The Hall–Kier alpha value is -1.82. The van der Waals surface area contributed by atoms with Crippen molar-refractivity contribution in [2.75, 3.05) is 13.6 Å². The van der Waals surface area contributed by atoms with Gasteiger partial charge in [0.15, 0.2) is 5.96 Å². The number of hydrogen-bond donors (Lipinski definition) is 2. The van der Waals surface area contributed by atoms with Crippen LogP contribution in [-0.4, -0.2) is 29.3 Å². The number of thiophene rings is 1. The van der Waals surface area contributed by atoms with Gasteiger partial charge in [-0.3, -0.25) is 9.67 Å². The molecule has 0 fully saturated rings. The molecule has 0 aliphatic heterocycles. The molecule has 2 aromatic heterocycles. The van der Waals surface area contributed by atoms with Gasteiger partial charge in [0.25, 0.3) is 0 Å². The number of nitrogens with one attached hydrogen (secondary N) is 2. The van der Waals surface area contributed by atoms with Gasteiger partial charge in [-0.1, -0.05) is 19.9 Å². The van der Waals surface area contributed by atoms with Gasteiger partial charge in [0, 0.05) is 43.3 Å². The van der Waals surface area contributed by atoms with Crippen molar-refractivity contribution in [3.8, 4) is 0 Å². The molecule has 0 spiro atoms. The van der Waals surface area contributed by atoms with Crippen LogP contribution in [0.4, 0.5) is 0 Å². The molecule has 5 nitrogen and oxygen atoms in total. The first-order chi connectivity index (χ1) is 11.2. The molecule has 0 amide bonds. The largest absolute Gasteiger partial charge is 0.356 e. The molecule has 0 aliphatic rings. The second-order valence-corrected chi connectivity index (χ2v) is 6.42. The molecule has 2 heterocycles. The topological polar surface area (TPSA) is 54.2 Å². The van der Waals surface area contributed by atoms with Crippen molar-refractivity contribution in [3.63, 3.8) is 0 Å². The number of hydrogen-bond acceptors (Lipinski definition) is 3. The zero-order valence-electron chi connectivity index (χ0n) is 14.5. The highest BCUT2D eigenvalue weighted by Crippen LogP contribution is 2.15. The molecule has 0 atom stereocenters. The highest BCUT2D eigenvalue weighted by molar-refractivity contribution is 7.09. The summed E-state index contributed by atoms with van der Waals surface area (Å²) in [6, 6.07) is 4.26. The first kappa shape index (κ1) is 17.5. The predicted molar refractivity (Wildman–Crippen MR) is 98.2 cm³/mol. The molecule has 23 heavy (non-hydrogen) atoms. The summed E-state index contributed by atoms with van der Waals surface area (Å²) in [5.41, 5.74) is 3.77. The first-order valence-electron chi connectivity index (χ1n) is 8.20. The van der Waals surface area contributed by atoms with Crippen molar-refractivity contribution in [3.05, 3.63) is 39.3 Å². The van der Waals surface area contributed by atoms with Crippen LogP contribution in [0.1, 0.15) is 35.7 Å². The summed E-state index contributed by atoms with van der Waals surface area (Å²) < 4.78 is 2.00. The molecule has 0 aromatic carbocycles. The quantitative estimate of drug-likeness (QED) is 0.605. The maximum atomic E-state index is 4.62. The Balaban J connectivity index is 1.90. The van der Waals surface area contributed by atoms with Gasteiger partial charge in [0.1, 0.15) is 0 Å². The minimum atomic E-state index is 0.763. The van der Waals surface area contributed by atoms with Gasteiger partial charge in [-0.2, -0.15) is 5.10 Å². The van der Waals surface area contributed by atoms with Gasteiger partial charge in [0.2, 0.25) is 0 Å². The summed E-state index contributed by atoms with van der Waals surface area (Å²) in [5, 5.41) is 13.5. The summed E-state index contributed by atoms with van der Waals surface area (Å²) in [5.74, 6) is 0.842. The van der Waals surface area contributed by atoms with E-state index in [-0.39, 0.29) is 0 Å². The highest BCUT2D eigenvalue weighted by atomic mass is 32.1. The predicted octanol–water partition coefficient (Wildman–Crippen LogP) is 2.51. The molecule has 2 N–H and O–H groups in total. The second kappa shape index (κ2) is 8.72. The molecule has 6 heteroatoms. The third-order valence-electron chi connectivity index (χ3n) is 3.93. The van der Waals surface area contributed by atoms with Crippen LogP contribution in [0.25, 0.3) is 0 Å². The third-order valence-corrected chi connectivity index (χ3v) is 4.86. The van der Waals surface area contributed by atoms with Crippen LogP contribution < -0.4 is 10.6 Å². The number of aromatic nitrogens is 2. The minimum Gasteiger partial charge on any atom is -0.356 e. The molecule has 126 valence electrons. The Labute approximate surface area is 142 Å². The van der Waals surface area contributed by atoms with Crippen molar-refractivity contribution in [2.24, 2.45) is 12.0 Å². The van der Waals surface area contributed by atoms with Crippen LogP contribution in [0.5, 0.6) is 0 Å². The van der Waals surface area contributed by atoms with Gasteiger partial charge in [-0.05, 0) is 30.7 Å². The van der Waals surface area contributed by atoms with E-state index in [9.17, 15) is 0 Å². The lowest BCUT2D eigenvalue weighted by Gasteiger charge is -2.12. The van der Waals surface area contributed by atoms with E-state index < -0.39 is 0 Å². The van der Waals surface area contributed by atoms with Crippen molar-refractivity contribution in [1.82, 2.24) is 20.4 Å². The Bertz CT molecular complexity index is 628. The molecule has 2 aromatic rings. The molecule has 0 bridgehead atoms. The second-order valence-electron chi connectivity index (χ2n) is 5.38. The Morgan fingerprint density at radius 2 is 2.13 bits per heavy atom. The van der Waals surface area contributed by atoms with Crippen LogP contribution in [0, 0.1) is 0 Å². The molecule has 0 saturated heterocycles. The highest BCUT2D eigenvalue weighted by Gasteiger charge is 2.13. The SMILES string of the molecule is CCc1nn(C)c(CC)c1CNC(=NC)NCCc1cccs1. The normalized spacial score (nSPS) is 11.7. The molecule has 0 saturated carbocycles. The summed E-state index contributed by atoms with van der Waals surface area (Å²) in [6.07, 6.45) is 2.96. The van der Waals surface area contributed by atoms with Gasteiger partial charge < -0.3 is 10.6 Å². The Morgan fingerprint density at radius 3 is 2.74 bits per heavy atom. The van der Waals surface area contributed by atoms with Crippen LogP contribution in [0.15, 0.2) is 22.5 Å². The number of aliphatic imine (C=N–C) groups is 1. The van der Waals surface area contributed by atoms with E-state index in [1.807, 2.05) is 18.8 Å². The monoisotopic (exact) mass is 333 g/mol. The number of guanidine groups is 1. The van der Waals surface area contributed by atoms with E-state index >= 15 is 0 Å². The van der Waals surface area contributed by atoms with Gasteiger partial charge >= 0.3 is 0 Å². The fourth-order valence-corrected chi connectivity index (χ4v) is 3.45. The van der Waals surface area contributed by atoms with Crippen molar-refractivity contribution < 1.29 is 0 Å². The maximum Gasteiger partial charge on any atom is 0.191 e. The fraction of sp³-hybridized carbons (Fsp3) is 0.529. The molecule has 0 radical (unpaired) electrons. The Kier molecular flexibility index (Phi) is 6.65. The van der Waals surface area contributed by atoms with Gasteiger partial charge in [0.05, 0.1) is 5.69 Å². The van der Waals surface area contributed by atoms with E-state index in [0.717, 1.165) is 38.3 Å². The average Bonchev–Trinajstić information content (AvgIpc) is 3.17. The minimum absolute atomic E-state index is 0.763. The summed E-state index contributed by atoms with van der Waals surface area (Å²) >= 11 is 1.79. The van der Waals surface area contributed by atoms with E-state index in [2.05, 4.69) is 52.1 Å². The van der Waals surface area contributed by atoms with Crippen LogP contribution >= 0.6 is 11.3 Å². The fourth-order valence-electron chi connectivity index (χ4n) is 2.75. The molecular formula is C17H27N5S. The van der Waals surface area contributed by atoms with Crippen molar-refractivity contribution in [2.45, 2.75) is 39.7 Å². The number of aryl methyl sites for hydroxylation is 2. The summed E-state index contributed by atoms with van der Waals surface area (Å²) in [7, 11) is 3.83. The van der Waals surface area contributed by atoms with E-state index in [1.165, 1.54) is 21.8 Å². The van der Waals surface area contributed by atoms with E-state index in [0.29, 0.717) is 0 Å². The van der Waals surface area contributed by atoms with E-state index in [1.54, 1.807) is 11.3 Å². The van der Waals surface area contributed by atoms with Crippen molar-refractivity contribution in [1.29, 1.82) is 0 Å². The zero-order chi connectivity index (χ0) is 16.7. The van der Waals surface area contributed by atoms with Gasteiger partial charge in [-0.15, -0.1) is 11.3 Å². The smallest absolute Gasteiger partial charge is 0.191 e. The Morgan fingerprint density at radius 1 is 1.30 bits per heavy atom. The van der Waals surface area contributed by atoms with E-state index in [4.69, 9.17) is 0 Å². The van der Waals surface area contributed by atoms with Crippen LogP contribution in [-0.2, 0) is 32.9 Å². The van der Waals surface area contributed by atoms with Crippen molar-refractivity contribution >= 4 is 17.3 Å². The lowest BCUT2D eigenvalue weighted by atomic mass is 10.1. The van der Waals surface area contributed by atoms with Crippen LogP contribution in [0.2, 0.25) is 0 Å². The average molecular weight is 334 g/mol. The van der Waals surface area contributed by atoms with Crippen LogP contribution in [0.3, 0.4) is 0 Å². The summed E-state index contributed by atoms with van der Waals surface area (Å²) in [4.78, 5) is 5.70. The molecule has 0 unspecified atom stereocenters. The third kappa shape index (κ3) is 4.58. The molecular weight excluding hydrogens is 306 g/mol. The standard InChI is InChI=1S/C17H27N5S/c1-5-15-14(16(6-2)22(4)21-15)12-20-17(18-3)19-10-9-13-8-7-11-23-13/h7-8,11H,5-6,9-10,12H2,1-4H3,(H2,18,19,20). The number of nitrogens with zero attached hydrogens (tertiary/aromatic N) is 3. The molecule has 0 aliphatic carbocycles. The maximum absolute atomic E-state index is 4.62. The number of rotatable bonds is 7.